The molecule has 0 radical (unpaired) electrons. The third kappa shape index (κ3) is 5.77. The Morgan fingerprint density at radius 3 is 2.28 bits per heavy atom. The predicted octanol–water partition coefficient (Wildman–Crippen LogP) is 7.14. The lowest BCUT2D eigenvalue weighted by atomic mass is 9.83. The Balaban J connectivity index is 1.40. The number of fused-ring (bicyclic) bond motifs is 2. The zero-order chi connectivity index (χ0) is 33.1. The first-order chi connectivity index (χ1) is 21.6. The molecule has 16 heteroatoms. The van der Waals surface area contributed by atoms with Crippen molar-refractivity contribution in [1.82, 2.24) is 4.57 Å². The standard InChI is InChI=1S/C30H18BrF6N3O4S2/c31-16-7-3-5-14(11-16)21-22-23(26(43)40(25(22)42)19-10-2-1-9-18(19)30(35,36)37)45-27-24(21)46-28(44)39(27)13-20(41)38-17-8-4-6-15(12-17)29(32,33)34/h1-12,21-23H,13H2,(H,38,41)/t21-,22-,23+/m0/s1. The van der Waals surface area contributed by atoms with Crippen LogP contribution >= 0.6 is 39.0 Å². The average molecular weight is 743 g/mol. The Morgan fingerprint density at radius 1 is 0.870 bits per heavy atom. The van der Waals surface area contributed by atoms with Crippen molar-refractivity contribution in [1.29, 1.82) is 0 Å². The molecule has 0 spiro atoms. The van der Waals surface area contributed by atoms with Gasteiger partial charge in [0, 0.05) is 21.0 Å². The number of imide groups is 1. The number of benzene rings is 3. The Bertz CT molecular complexity index is 1960. The number of para-hydroxylation sites is 1. The van der Waals surface area contributed by atoms with E-state index in [1.54, 1.807) is 24.3 Å². The number of halogens is 7. The van der Waals surface area contributed by atoms with Gasteiger partial charge in [-0.1, -0.05) is 69.4 Å². The largest absolute Gasteiger partial charge is 0.418 e. The number of aromatic nitrogens is 1. The minimum absolute atomic E-state index is 0.160. The highest BCUT2D eigenvalue weighted by molar-refractivity contribution is 9.10. The van der Waals surface area contributed by atoms with Gasteiger partial charge in [0.25, 0.3) is 0 Å². The lowest BCUT2D eigenvalue weighted by Crippen LogP contribution is -2.33. The number of nitrogens with zero attached hydrogens (tertiary/aromatic N) is 2. The van der Waals surface area contributed by atoms with Crippen molar-refractivity contribution in [2.75, 3.05) is 10.2 Å². The molecule has 238 valence electrons. The van der Waals surface area contributed by atoms with Gasteiger partial charge in [-0.25, -0.2) is 4.90 Å². The minimum Gasteiger partial charge on any atom is -0.325 e. The van der Waals surface area contributed by atoms with Crippen molar-refractivity contribution in [2.45, 2.75) is 35.1 Å². The number of hydrogen-bond acceptors (Lipinski definition) is 6. The molecule has 1 fully saturated rings. The molecular weight excluding hydrogens is 724 g/mol. The molecule has 1 saturated heterocycles. The molecule has 0 saturated carbocycles. The van der Waals surface area contributed by atoms with Crippen LogP contribution in [0.4, 0.5) is 37.7 Å². The summed E-state index contributed by atoms with van der Waals surface area (Å²) in [4.78, 5) is 54.3. The number of carbonyl (C=O) groups excluding carboxylic acids is 3. The summed E-state index contributed by atoms with van der Waals surface area (Å²) in [5.74, 6) is -4.75. The molecule has 0 unspecified atom stereocenters. The minimum atomic E-state index is -4.87. The number of carbonyl (C=O) groups is 3. The van der Waals surface area contributed by atoms with Crippen molar-refractivity contribution in [3.05, 3.63) is 109 Å². The molecule has 3 atom stereocenters. The molecule has 46 heavy (non-hydrogen) atoms. The fourth-order valence-corrected chi connectivity index (χ4v) is 8.77. The van der Waals surface area contributed by atoms with Crippen molar-refractivity contribution >= 4 is 68.1 Å². The molecule has 0 bridgehead atoms. The van der Waals surface area contributed by atoms with E-state index in [2.05, 4.69) is 21.2 Å². The second kappa shape index (κ2) is 11.7. The van der Waals surface area contributed by atoms with Crippen molar-refractivity contribution in [3.63, 3.8) is 0 Å². The normalized spacial score (nSPS) is 19.6. The third-order valence-electron chi connectivity index (χ3n) is 7.48. The van der Waals surface area contributed by atoms with Crippen LogP contribution in [-0.4, -0.2) is 27.5 Å². The number of anilines is 2. The van der Waals surface area contributed by atoms with Gasteiger partial charge < -0.3 is 5.32 Å². The van der Waals surface area contributed by atoms with Gasteiger partial charge in [-0.3, -0.25) is 23.7 Å². The fraction of sp³-hybridized carbons (Fsp3) is 0.200. The number of rotatable bonds is 5. The van der Waals surface area contributed by atoms with Crippen LogP contribution in [0.3, 0.4) is 0 Å². The SMILES string of the molecule is O=C(Cn1c2c(sc1=O)[C@@H](c1cccc(Br)c1)[C@@H]1C(=O)N(c3ccccc3C(F)(F)F)C(=O)[C@@H]1S2)Nc1cccc(C(F)(F)F)c1. The maximum atomic E-state index is 14.0. The van der Waals surface area contributed by atoms with Gasteiger partial charge in [0.2, 0.25) is 17.7 Å². The molecule has 3 amide bonds. The van der Waals surface area contributed by atoms with E-state index in [4.69, 9.17) is 0 Å². The molecule has 7 nitrogen and oxygen atoms in total. The number of nitrogens with one attached hydrogen (secondary N) is 1. The first-order valence-corrected chi connectivity index (χ1v) is 15.8. The van der Waals surface area contributed by atoms with Crippen LogP contribution in [0.5, 0.6) is 0 Å². The Kier molecular flexibility index (Phi) is 8.17. The molecule has 6 rings (SSSR count). The van der Waals surface area contributed by atoms with E-state index in [0.717, 1.165) is 52.7 Å². The molecule has 0 aliphatic carbocycles. The fourth-order valence-electron chi connectivity index (χ4n) is 5.58. The van der Waals surface area contributed by atoms with Crippen molar-refractivity contribution < 1.29 is 40.7 Å². The van der Waals surface area contributed by atoms with Crippen LogP contribution in [0.15, 0.2) is 87.1 Å². The van der Waals surface area contributed by atoms with E-state index >= 15 is 0 Å². The maximum absolute atomic E-state index is 14.0. The van der Waals surface area contributed by atoms with Gasteiger partial charge in [-0.2, -0.15) is 26.3 Å². The van der Waals surface area contributed by atoms with Gasteiger partial charge in [0.15, 0.2) is 0 Å². The number of thiazole rings is 1. The summed E-state index contributed by atoms with van der Waals surface area (Å²) in [6, 6.07) is 14.9. The van der Waals surface area contributed by atoms with E-state index in [1.807, 2.05) is 0 Å². The Labute approximate surface area is 272 Å². The van der Waals surface area contributed by atoms with Crippen molar-refractivity contribution in [3.8, 4) is 0 Å². The summed E-state index contributed by atoms with van der Waals surface area (Å²) in [5.41, 5.74) is -2.44. The topological polar surface area (TPSA) is 88.5 Å². The molecule has 2 aliphatic heterocycles. The molecule has 4 aromatic rings. The van der Waals surface area contributed by atoms with Gasteiger partial charge in [-0.05, 0) is 48.0 Å². The van der Waals surface area contributed by atoms with E-state index in [9.17, 15) is 45.5 Å². The zero-order valence-electron chi connectivity index (χ0n) is 22.9. The lowest BCUT2D eigenvalue weighted by molar-refractivity contribution is -0.138. The number of hydrogen-bond donors (Lipinski definition) is 1. The summed E-state index contributed by atoms with van der Waals surface area (Å²) in [5, 5.41) is 1.25. The first-order valence-electron chi connectivity index (χ1n) is 13.3. The lowest BCUT2D eigenvalue weighted by Gasteiger charge is -2.30. The van der Waals surface area contributed by atoms with E-state index in [1.165, 1.54) is 12.1 Å². The third-order valence-corrected chi connectivity index (χ3v) is 10.6. The van der Waals surface area contributed by atoms with Crippen LogP contribution < -0.4 is 15.1 Å². The Morgan fingerprint density at radius 2 is 1.59 bits per heavy atom. The van der Waals surface area contributed by atoms with Crippen LogP contribution in [-0.2, 0) is 33.3 Å². The number of alkyl halides is 6. The highest BCUT2D eigenvalue weighted by Gasteiger charge is 2.57. The van der Waals surface area contributed by atoms with Crippen LogP contribution in [0.2, 0.25) is 0 Å². The molecule has 2 aliphatic rings. The molecule has 3 aromatic carbocycles. The maximum Gasteiger partial charge on any atom is 0.418 e. The highest BCUT2D eigenvalue weighted by atomic mass is 79.9. The van der Waals surface area contributed by atoms with Gasteiger partial charge in [0.1, 0.15) is 11.8 Å². The quantitative estimate of drug-likeness (QED) is 0.174. The average Bonchev–Trinajstić information content (AvgIpc) is 3.42. The monoisotopic (exact) mass is 741 g/mol. The van der Waals surface area contributed by atoms with Gasteiger partial charge in [0.05, 0.1) is 27.8 Å². The second-order valence-electron chi connectivity index (χ2n) is 10.4. The highest BCUT2D eigenvalue weighted by Crippen LogP contribution is 2.54. The summed E-state index contributed by atoms with van der Waals surface area (Å²) in [7, 11) is 0. The van der Waals surface area contributed by atoms with Crippen molar-refractivity contribution in [2.24, 2.45) is 5.92 Å². The van der Waals surface area contributed by atoms with Gasteiger partial charge >= 0.3 is 17.2 Å². The predicted molar refractivity (Wildman–Crippen MR) is 162 cm³/mol. The first kappa shape index (κ1) is 32.1. The number of thioether (sulfide) groups is 1. The number of amides is 3. The molecule has 1 aromatic heterocycles. The summed E-state index contributed by atoms with van der Waals surface area (Å²) in [6.45, 7) is -0.640. The zero-order valence-corrected chi connectivity index (χ0v) is 26.1. The summed E-state index contributed by atoms with van der Waals surface area (Å²) >= 11 is 4.88. The second-order valence-corrected chi connectivity index (χ2v) is 13.4. The molecular formula is C30H18BrF6N3O4S2. The van der Waals surface area contributed by atoms with E-state index < -0.39 is 75.4 Å². The van der Waals surface area contributed by atoms with Gasteiger partial charge in [-0.15, -0.1) is 0 Å². The molecule has 3 heterocycles. The molecule has 1 N–H and O–H groups in total. The van der Waals surface area contributed by atoms with E-state index in [-0.39, 0.29) is 10.7 Å². The Hall–Kier alpha value is -3.89. The van der Waals surface area contributed by atoms with Crippen LogP contribution in [0, 0.1) is 5.92 Å². The summed E-state index contributed by atoms with van der Waals surface area (Å²) < 4.78 is 83.0. The van der Waals surface area contributed by atoms with E-state index in [0.29, 0.717) is 31.2 Å². The summed E-state index contributed by atoms with van der Waals surface area (Å²) in [6.07, 6.45) is -9.52. The van der Waals surface area contributed by atoms with Crippen LogP contribution in [0.1, 0.15) is 27.5 Å². The van der Waals surface area contributed by atoms with Crippen LogP contribution in [0.25, 0.3) is 0 Å². The smallest absolute Gasteiger partial charge is 0.325 e.